The van der Waals surface area contributed by atoms with Crippen LogP contribution in [-0.2, 0) is 4.79 Å². The van der Waals surface area contributed by atoms with Gasteiger partial charge < -0.3 is 15.0 Å². The lowest BCUT2D eigenvalue weighted by molar-refractivity contribution is -0.384. The van der Waals surface area contributed by atoms with Crippen LogP contribution < -0.4 is 15.0 Å². The van der Waals surface area contributed by atoms with E-state index in [4.69, 9.17) is 16.3 Å². The summed E-state index contributed by atoms with van der Waals surface area (Å²) >= 11 is 5.96. The summed E-state index contributed by atoms with van der Waals surface area (Å²) in [4.78, 5) is 24.1. The van der Waals surface area contributed by atoms with Gasteiger partial charge in [-0.25, -0.2) is 0 Å². The summed E-state index contributed by atoms with van der Waals surface area (Å²) in [5.41, 5.74) is 1.25. The number of benzene rings is 2. The molecule has 24 heavy (non-hydrogen) atoms. The van der Waals surface area contributed by atoms with Gasteiger partial charge in [0.25, 0.3) is 11.6 Å². The maximum absolute atomic E-state index is 12.1. The van der Waals surface area contributed by atoms with Gasteiger partial charge in [0.05, 0.1) is 22.4 Å². The number of anilines is 2. The summed E-state index contributed by atoms with van der Waals surface area (Å²) in [5.74, 6) is -0.148. The monoisotopic (exact) mass is 349 g/mol. The number of hydrogen-bond donors (Lipinski definition) is 1. The van der Waals surface area contributed by atoms with Gasteiger partial charge in [-0.05, 0) is 24.3 Å². The van der Waals surface area contributed by atoms with Crippen LogP contribution in [0.25, 0.3) is 0 Å². The first-order valence-corrected chi connectivity index (χ1v) is 7.38. The normalized spacial score (nSPS) is 10.1. The van der Waals surface area contributed by atoms with Crippen molar-refractivity contribution in [1.82, 2.24) is 0 Å². The smallest absolute Gasteiger partial charge is 0.273 e. The Morgan fingerprint density at radius 1 is 1.29 bits per heavy atom. The number of nitro benzene ring substituents is 1. The Morgan fingerprint density at radius 2 is 2.04 bits per heavy atom. The summed E-state index contributed by atoms with van der Waals surface area (Å²) in [6.45, 7) is -0.277. The number of carbonyl (C=O) groups excluding carboxylic acids is 1. The fourth-order valence-corrected chi connectivity index (χ4v) is 2.19. The summed E-state index contributed by atoms with van der Waals surface area (Å²) in [6, 6.07) is 10.8. The molecule has 0 unspecified atom stereocenters. The Hall–Kier alpha value is -2.80. The largest absolute Gasteiger partial charge is 0.484 e. The van der Waals surface area contributed by atoms with Crippen LogP contribution in [0.4, 0.5) is 17.1 Å². The van der Waals surface area contributed by atoms with Crippen LogP contribution in [0.2, 0.25) is 5.02 Å². The highest BCUT2D eigenvalue weighted by Crippen LogP contribution is 2.27. The molecule has 0 saturated carbocycles. The molecular weight excluding hydrogens is 334 g/mol. The second kappa shape index (κ2) is 7.65. The molecule has 1 N–H and O–H groups in total. The van der Waals surface area contributed by atoms with Gasteiger partial charge in [-0.15, -0.1) is 0 Å². The lowest BCUT2D eigenvalue weighted by Gasteiger charge is -2.18. The quantitative estimate of drug-likeness (QED) is 0.638. The molecule has 1 amide bonds. The molecular formula is C16H16ClN3O4. The van der Waals surface area contributed by atoms with Gasteiger partial charge in [0.2, 0.25) is 0 Å². The number of nitrogens with one attached hydrogen (secondary N) is 1. The van der Waals surface area contributed by atoms with E-state index in [0.29, 0.717) is 10.7 Å². The number of nitrogens with zero attached hydrogens (tertiary/aromatic N) is 2. The van der Waals surface area contributed by atoms with E-state index in [-0.39, 0.29) is 18.0 Å². The fraction of sp³-hybridized carbons (Fsp3) is 0.188. The molecule has 0 aliphatic rings. The van der Waals surface area contributed by atoms with Crippen molar-refractivity contribution >= 4 is 34.6 Å². The van der Waals surface area contributed by atoms with E-state index >= 15 is 0 Å². The first kappa shape index (κ1) is 17.6. The van der Waals surface area contributed by atoms with Gasteiger partial charge in [-0.2, -0.15) is 0 Å². The number of non-ortho nitro benzene ring substituents is 1. The number of nitro groups is 1. The third-order valence-electron chi connectivity index (χ3n) is 3.11. The van der Waals surface area contributed by atoms with E-state index in [1.807, 2.05) is 19.0 Å². The van der Waals surface area contributed by atoms with Gasteiger partial charge in [-0.3, -0.25) is 14.9 Å². The minimum absolute atomic E-state index is 0.0994. The fourth-order valence-electron chi connectivity index (χ4n) is 2.02. The zero-order valence-electron chi connectivity index (χ0n) is 13.2. The zero-order valence-corrected chi connectivity index (χ0v) is 13.9. The van der Waals surface area contributed by atoms with Gasteiger partial charge >= 0.3 is 0 Å². The highest BCUT2D eigenvalue weighted by atomic mass is 35.5. The van der Waals surface area contributed by atoms with E-state index in [1.54, 1.807) is 24.3 Å². The molecule has 126 valence electrons. The van der Waals surface area contributed by atoms with E-state index in [9.17, 15) is 14.9 Å². The molecule has 0 atom stereocenters. The van der Waals surface area contributed by atoms with Crippen LogP contribution in [0, 0.1) is 10.1 Å². The second-order valence-corrected chi connectivity index (χ2v) is 5.58. The Morgan fingerprint density at radius 3 is 2.71 bits per heavy atom. The third-order valence-corrected chi connectivity index (χ3v) is 3.35. The van der Waals surface area contributed by atoms with Crippen LogP contribution in [-0.4, -0.2) is 31.5 Å². The number of carbonyl (C=O) groups is 1. The van der Waals surface area contributed by atoms with Gasteiger partial charge in [0, 0.05) is 25.2 Å². The average Bonchev–Trinajstić information content (AvgIpc) is 2.53. The SMILES string of the molecule is CN(C)c1ccc(Cl)cc1NC(=O)COc1cccc([N+](=O)[O-])c1. The maximum atomic E-state index is 12.1. The highest BCUT2D eigenvalue weighted by Gasteiger charge is 2.11. The molecule has 0 aliphatic heterocycles. The second-order valence-electron chi connectivity index (χ2n) is 5.15. The standard InChI is InChI=1S/C16H16ClN3O4/c1-19(2)15-7-6-11(17)8-14(15)18-16(21)10-24-13-5-3-4-12(9-13)20(22)23/h3-9H,10H2,1-2H3,(H,18,21). The first-order valence-electron chi connectivity index (χ1n) is 7.01. The lowest BCUT2D eigenvalue weighted by atomic mass is 10.2. The minimum Gasteiger partial charge on any atom is -0.484 e. The first-order chi connectivity index (χ1) is 11.4. The number of ether oxygens (including phenoxy) is 1. The van der Waals surface area contributed by atoms with Crippen molar-refractivity contribution in [2.75, 3.05) is 30.9 Å². The van der Waals surface area contributed by atoms with E-state index in [0.717, 1.165) is 5.69 Å². The molecule has 0 aromatic heterocycles. The predicted octanol–water partition coefficient (Wildman–Crippen LogP) is 3.33. The summed E-state index contributed by atoms with van der Waals surface area (Å²) in [5, 5.41) is 13.9. The molecule has 0 saturated heterocycles. The van der Waals surface area contributed by atoms with Crippen molar-refractivity contribution in [1.29, 1.82) is 0 Å². The van der Waals surface area contributed by atoms with Gasteiger partial charge in [0.15, 0.2) is 6.61 Å². The van der Waals surface area contributed by atoms with Crippen LogP contribution in [0.3, 0.4) is 0 Å². The molecule has 2 aromatic rings. The Bertz CT molecular complexity index is 765. The molecule has 0 bridgehead atoms. The predicted molar refractivity (Wildman–Crippen MR) is 93.0 cm³/mol. The molecule has 7 nitrogen and oxygen atoms in total. The Kier molecular flexibility index (Phi) is 5.59. The van der Waals surface area contributed by atoms with Gasteiger partial charge in [0.1, 0.15) is 5.75 Å². The molecule has 0 heterocycles. The molecule has 0 fully saturated rings. The Balaban J connectivity index is 2.03. The van der Waals surface area contributed by atoms with Crippen molar-refractivity contribution in [2.45, 2.75) is 0 Å². The lowest BCUT2D eigenvalue weighted by Crippen LogP contribution is -2.22. The van der Waals surface area contributed by atoms with Crippen LogP contribution in [0.5, 0.6) is 5.75 Å². The number of amides is 1. The van der Waals surface area contributed by atoms with E-state index in [1.165, 1.54) is 18.2 Å². The molecule has 0 aliphatic carbocycles. The topological polar surface area (TPSA) is 84.7 Å². The van der Waals surface area contributed by atoms with Crippen LogP contribution in [0.1, 0.15) is 0 Å². The van der Waals surface area contributed by atoms with Crippen molar-refractivity contribution in [3.8, 4) is 5.75 Å². The minimum atomic E-state index is -0.526. The number of halogens is 1. The summed E-state index contributed by atoms with van der Waals surface area (Å²) in [6.07, 6.45) is 0. The van der Waals surface area contributed by atoms with E-state index < -0.39 is 10.8 Å². The highest BCUT2D eigenvalue weighted by molar-refractivity contribution is 6.31. The molecule has 0 radical (unpaired) electrons. The molecule has 2 aromatic carbocycles. The summed E-state index contributed by atoms with van der Waals surface area (Å²) in [7, 11) is 3.69. The zero-order chi connectivity index (χ0) is 17.7. The maximum Gasteiger partial charge on any atom is 0.273 e. The summed E-state index contributed by atoms with van der Waals surface area (Å²) < 4.78 is 5.30. The van der Waals surface area contributed by atoms with E-state index in [2.05, 4.69) is 5.32 Å². The van der Waals surface area contributed by atoms with Crippen molar-refractivity contribution in [3.05, 3.63) is 57.6 Å². The van der Waals surface area contributed by atoms with Crippen molar-refractivity contribution in [2.24, 2.45) is 0 Å². The number of rotatable bonds is 6. The molecule has 0 spiro atoms. The van der Waals surface area contributed by atoms with Crippen LogP contribution in [0.15, 0.2) is 42.5 Å². The third kappa shape index (κ3) is 4.60. The van der Waals surface area contributed by atoms with Crippen molar-refractivity contribution in [3.63, 3.8) is 0 Å². The molecule has 2 rings (SSSR count). The van der Waals surface area contributed by atoms with Crippen molar-refractivity contribution < 1.29 is 14.5 Å². The van der Waals surface area contributed by atoms with Crippen LogP contribution >= 0.6 is 11.6 Å². The van der Waals surface area contributed by atoms with Gasteiger partial charge in [-0.1, -0.05) is 17.7 Å². The molecule has 8 heteroatoms. The Labute approximate surface area is 143 Å². The average molecular weight is 350 g/mol. The number of hydrogen-bond acceptors (Lipinski definition) is 5.